The SMILES string of the molecule is CC.CC(C)c1[nH]c(-c2ccc(F)cc2)c(-c2ccccc2)c1C(=O)Nc1ccccc1.CC(O)CCCC(O)CC(=O)O. The van der Waals surface area contributed by atoms with Gasteiger partial charge in [0.1, 0.15) is 5.82 Å². The predicted molar refractivity (Wildman–Crippen MR) is 175 cm³/mol. The number of aliphatic hydroxyl groups excluding tert-OH is 2. The minimum absolute atomic E-state index is 0.0955. The Hall–Kier alpha value is -4.27. The summed E-state index contributed by atoms with van der Waals surface area (Å²) in [5.41, 5.74) is 5.58. The third-order valence-corrected chi connectivity index (χ3v) is 6.63. The number of amides is 1. The molecule has 8 heteroatoms. The molecular formula is C36H45FN2O5. The monoisotopic (exact) mass is 604 g/mol. The number of hydrogen-bond donors (Lipinski definition) is 5. The normalized spacial score (nSPS) is 11.8. The molecule has 2 unspecified atom stereocenters. The number of hydrogen-bond acceptors (Lipinski definition) is 4. The number of H-pyrrole nitrogens is 1. The number of aromatic nitrogens is 1. The van der Waals surface area contributed by atoms with E-state index < -0.39 is 12.1 Å². The van der Waals surface area contributed by atoms with Crippen molar-refractivity contribution in [2.45, 2.75) is 78.4 Å². The van der Waals surface area contributed by atoms with Crippen molar-refractivity contribution in [2.75, 3.05) is 5.32 Å². The Labute approximate surface area is 259 Å². The molecule has 0 fully saturated rings. The molecule has 44 heavy (non-hydrogen) atoms. The lowest BCUT2D eigenvalue weighted by molar-refractivity contribution is -0.139. The lowest BCUT2D eigenvalue weighted by atomic mass is 9.94. The highest BCUT2D eigenvalue weighted by atomic mass is 19.1. The molecular weight excluding hydrogens is 559 g/mol. The van der Waals surface area contributed by atoms with E-state index in [-0.39, 0.29) is 30.2 Å². The van der Waals surface area contributed by atoms with Crippen molar-refractivity contribution < 1.29 is 29.3 Å². The van der Waals surface area contributed by atoms with Crippen LogP contribution in [0.25, 0.3) is 22.4 Å². The molecule has 1 heterocycles. The van der Waals surface area contributed by atoms with Gasteiger partial charge in [0, 0.05) is 16.9 Å². The van der Waals surface area contributed by atoms with Gasteiger partial charge in [-0.3, -0.25) is 9.59 Å². The maximum absolute atomic E-state index is 13.5. The zero-order valence-corrected chi connectivity index (χ0v) is 26.2. The van der Waals surface area contributed by atoms with Gasteiger partial charge in [-0.2, -0.15) is 0 Å². The van der Waals surface area contributed by atoms with E-state index in [0.717, 1.165) is 33.8 Å². The van der Waals surface area contributed by atoms with Crippen molar-refractivity contribution >= 4 is 17.6 Å². The van der Waals surface area contributed by atoms with Crippen molar-refractivity contribution in [3.8, 4) is 22.4 Å². The van der Waals surface area contributed by atoms with Gasteiger partial charge in [0.25, 0.3) is 5.91 Å². The smallest absolute Gasteiger partial charge is 0.305 e. The number of anilines is 1. The van der Waals surface area contributed by atoms with Crippen molar-refractivity contribution in [2.24, 2.45) is 0 Å². The van der Waals surface area contributed by atoms with E-state index in [1.807, 2.05) is 88.4 Å². The highest BCUT2D eigenvalue weighted by molar-refractivity contribution is 6.12. The fourth-order valence-electron chi connectivity index (χ4n) is 4.58. The second-order valence-electron chi connectivity index (χ2n) is 10.5. The van der Waals surface area contributed by atoms with Crippen molar-refractivity contribution in [3.05, 3.63) is 102 Å². The molecule has 0 bridgehead atoms. The lowest BCUT2D eigenvalue weighted by Crippen LogP contribution is -2.14. The van der Waals surface area contributed by atoms with Gasteiger partial charge in [-0.15, -0.1) is 0 Å². The number of rotatable bonds is 11. The molecule has 1 amide bonds. The first-order valence-electron chi connectivity index (χ1n) is 15.1. The summed E-state index contributed by atoms with van der Waals surface area (Å²) in [6.45, 7) is 9.77. The molecule has 0 aliphatic carbocycles. The molecule has 1 aromatic heterocycles. The third-order valence-electron chi connectivity index (χ3n) is 6.63. The molecule has 5 N–H and O–H groups in total. The number of carbonyl (C=O) groups excluding carboxylic acids is 1. The van der Waals surface area contributed by atoms with Crippen LogP contribution < -0.4 is 5.32 Å². The van der Waals surface area contributed by atoms with Gasteiger partial charge in [0.15, 0.2) is 0 Å². The van der Waals surface area contributed by atoms with Crippen LogP contribution in [0.3, 0.4) is 0 Å². The van der Waals surface area contributed by atoms with Gasteiger partial charge in [-0.25, -0.2) is 4.39 Å². The van der Waals surface area contributed by atoms with E-state index in [4.69, 9.17) is 15.3 Å². The highest BCUT2D eigenvalue weighted by Crippen LogP contribution is 2.39. The second kappa shape index (κ2) is 18.4. The van der Waals surface area contributed by atoms with Gasteiger partial charge >= 0.3 is 5.97 Å². The molecule has 7 nitrogen and oxygen atoms in total. The number of halogens is 1. The van der Waals surface area contributed by atoms with Gasteiger partial charge < -0.3 is 25.6 Å². The minimum atomic E-state index is -0.987. The Morgan fingerprint density at radius 3 is 1.91 bits per heavy atom. The fourth-order valence-corrected chi connectivity index (χ4v) is 4.58. The summed E-state index contributed by atoms with van der Waals surface area (Å²) in [6, 6.07) is 25.6. The Kier molecular flexibility index (Phi) is 15.0. The molecule has 0 aliphatic heterocycles. The molecule has 0 saturated heterocycles. The first-order chi connectivity index (χ1) is 21.1. The summed E-state index contributed by atoms with van der Waals surface area (Å²) in [4.78, 5) is 27.0. The quantitative estimate of drug-likeness (QED) is 0.118. The maximum Gasteiger partial charge on any atom is 0.305 e. The molecule has 3 aromatic carbocycles. The van der Waals surface area contributed by atoms with Crippen LogP contribution in [0.2, 0.25) is 0 Å². The number of aliphatic carboxylic acids is 1. The average molecular weight is 605 g/mol. The van der Waals surface area contributed by atoms with Crippen LogP contribution in [0.15, 0.2) is 84.9 Å². The van der Waals surface area contributed by atoms with Crippen LogP contribution in [0.4, 0.5) is 10.1 Å². The van der Waals surface area contributed by atoms with Gasteiger partial charge in [0.05, 0.1) is 29.9 Å². The Morgan fingerprint density at radius 1 is 0.818 bits per heavy atom. The molecule has 0 aliphatic rings. The van der Waals surface area contributed by atoms with Gasteiger partial charge in [-0.05, 0) is 79.6 Å². The zero-order valence-electron chi connectivity index (χ0n) is 26.2. The fraction of sp³-hybridized carbons (Fsp3) is 0.333. The standard InChI is InChI=1S/C26H23FN2O.C8H16O4.C2H6/c1-17(2)24-23(26(30)28-21-11-7-4-8-12-21)22(18-9-5-3-6-10-18)25(29-24)19-13-15-20(27)16-14-19;1-6(9)3-2-4-7(10)5-8(11)12;1-2/h3-17,29H,1-2H3,(H,28,30);6-7,9-10H,2-5H2,1H3,(H,11,12);1-2H3. The van der Waals surface area contributed by atoms with Crippen LogP contribution in [0, 0.1) is 5.82 Å². The van der Waals surface area contributed by atoms with E-state index >= 15 is 0 Å². The highest BCUT2D eigenvalue weighted by Gasteiger charge is 2.26. The second-order valence-corrected chi connectivity index (χ2v) is 10.5. The van der Waals surface area contributed by atoms with Crippen LogP contribution in [0.1, 0.15) is 82.3 Å². The molecule has 2 atom stereocenters. The van der Waals surface area contributed by atoms with Crippen LogP contribution in [-0.2, 0) is 4.79 Å². The number of nitrogens with one attached hydrogen (secondary N) is 2. The van der Waals surface area contributed by atoms with Crippen LogP contribution in [-0.4, -0.2) is 44.4 Å². The Balaban J connectivity index is 0.000000409. The molecule has 4 aromatic rings. The van der Waals surface area contributed by atoms with Crippen molar-refractivity contribution in [3.63, 3.8) is 0 Å². The number of carboxylic acids is 1. The first kappa shape index (κ1) is 35.9. The largest absolute Gasteiger partial charge is 0.481 e. The molecule has 0 radical (unpaired) electrons. The van der Waals surface area contributed by atoms with E-state index in [9.17, 15) is 14.0 Å². The first-order valence-corrected chi connectivity index (χ1v) is 15.1. The molecule has 236 valence electrons. The topological polar surface area (TPSA) is 123 Å². The average Bonchev–Trinajstić information content (AvgIpc) is 3.41. The van der Waals surface area contributed by atoms with E-state index in [1.54, 1.807) is 19.1 Å². The Bertz CT molecular complexity index is 1420. The van der Waals surface area contributed by atoms with Gasteiger partial charge in [-0.1, -0.05) is 76.2 Å². The summed E-state index contributed by atoms with van der Waals surface area (Å²) in [6.07, 6.45) is 0.350. The summed E-state index contributed by atoms with van der Waals surface area (Å²) >= 11 is 0. The summed E-state index contributed by atoms with van der Waals surface area (Å²) in [5.74, 6) is -1.36. The van der Waals surface area contributed by atoms with Crippen molar-refractivity contribution in [1.29, 1.82) is 0 Å². The number of carbonyl (C=O) groups is 2. The summed E-state index contributed by atoms with van der Waals surface area (Å²) in [7, 11) is 0. The van der Waals surface area contributed by atoms with Crippen molar-refractivity contribution in [1.82, 2.24) is 4.98 Å². The van der Waals surface area contributed by atoms with E-state index in [2.05, 4.69) is 10.3 Å². The van der Waals surface area contributed by atoms with E-state index in [0.29, 0.717) is 24.8 Å². The van der Waals surface area contributed by atoms with Crippen LogP contribution in [0.5, 0.6) is 0 Å². The van der Waals surface area contributed by atoms with Crippen LogP contribution >= 0.6 is 0 Å². The lowest BCUT2D eigenvalue weighted by Gasteiger charge is -2.11. The zero-order chi connectivity index (χ0) is 32.6. The molecule has 0 saturated carbocycles. The Morgan fingerprint density at radius 2 is 1.39 bits per heavy atom. The molecule has 4 rings (SSSR count). The predicted octanol–water partition coefficient (Wildman–Crippen LogP) is 8.26. The number of aromatic amines is 1. The number of carboxylic acid groups (broad SMARTS) is 1. The van der Waals surface area contributed by atoms with Gasteiger partial charge in [0.2, 0.25) is 0 Å². The summed E-state index contributed by atoms with van der Waals surface area (Å²) in [5, 5.41) is 29.2. The number of para-hydroxylation sites is 1. The summed E-state index contributed by atoms with van der Waals surface area (Å²) < 4.78 is 13.5. The number of aliphatic hydroxyl groups is 2. The van der Waals surface area contributed by atoms with E-state index in [1.165, 1.54) is 12.1 Å². The minimum Gasteiger partial charge on any atom is -0.481 e. The molecule has 0 spiro atoms. The number of benzene rings is 3. The third kappa shape index (κ3) is 11.1. The maximum atomic E-state index is 13.5.